The Morgan fingerprint density at radius 1 is 1.37 bits per heavy atom. The molecule has 1 atom stereocenters. The molecule has 0 aliphatic carbocycles. The molecular weight excluding hydrogens is 384 g/mol. The number of carboxylic acid groups (broad SMARTS) is 1. The van der Waals surface area contributed by atoms with Crippen LogP contribution in [0.15, 0.2) is 32.3 Å². The van der Waals surface area contributed by atoms with Crippen LogP contribution in [0.2, 0.25) is 0 Å². The largest absolute Gasteiger partial charge is 0.477 e. The summed E-state index contributed by atoms with van der Waals surface area (Å²) in [6.45, 7) is 0. The summed E-state index contributed by atoms with van der Waals surface area (Å²) in [5, 5.41) is 14.7. The number of benzene rings is 1. The molecule has 1 aromatic carbocycles. The number of oxime groups is 1. The minimum absolute atomic E-state index is 0.0523. The van der Waals surface area contributed by atoms with E-state index in [1.165, 1.54) is 0 Å². The smallest absolute Gasteiger partial charge is 0.353 e. The minimum atomic E-state index is -1.18. The zero-order chi connectivity index (χ0) is 14.0. The van der Waals surface area contributed by atoms with E-state index >= 15 is 0 Å². The number of hydrogen-bond donors (Lipinski definition) is 2. The molecule has 1 amide bonds. The molecule has 100 valence electrons. The van der Waals surface area contributed by atoms with Gasteiger partial charge in [0.15, 0.2) is 5.71 Å². The number of carboxylic acids is 1. The fourth-order valence-electron chi connectivity index (χ4n) is 1.47. The van der Waals surface area contributed by atoms with E-state index in [0.717, 1.165) is 0 Å². The van der Waals surface area contributed by atoms with Crippen LogP contribution < -0.4 is 5.32 Å². The molecule has 0 fully saturated rings. The lowest BCUT2D eigenvalue weighted by atomic mass is 10.1. The molecule has 6 nitrogen and oxygen atoms in total. The number of nitrogens with one attached hydrogen (secondary N) is 1. The summed E-state index contributed by atoms with van der Waals surface area (Å²) in [7, 11) is 0. The average molecular weight is 392 g/mol. The van der Waals surface area contributed by atoms with Crippen LogP contribution in [-0.4, -0.2) is 28.8 Å². The predicted octanol–water partition coefficient (Wildman–Crippen LogP) is 2.38. The Hall–Kier alpha value is -1.41. The van der Waals surface area contributed by atoms with Crippen LogP contribution in [0.5, 0.6) is 0 Å². The molecule has 0 saturated heterocycles. The summed E-state index contributed by atoms with van der Waals surface area (Å²) in [6.07, 6.45) is -0.978. The van der Waals surface area contributed by atoms with Gasteiger partial charge in [-0.1, -0.05) is 11.2 Å². The van der Waals surface area contributed by atoms with Gasteiger partial charge in [0.05, 0.1) is 5.69 Å². The third-order valence-electron chi connectivity index (χ3n) is 2.42. The van der Waals surface area contributed by atoms with Crippen molar-refractivity contribution in [2.24, 2.45) is 5.16 Å². The highest BCUT2D eigenvalue weighted by molar-refractivity contribution is 9.11. The molecule has 0 spiro atoms. The van der Waals surface area contributed by atoms with E-state index in [1.807, 2.05) is 6.07 Å². The number of hydrogen-bond acceptors (Lipinski definition) is 4. The molecule has 0 radical (unpaired) electrons. The lowest BCUT2D eigenvalue weighted by Gasteiger charge is -2.12. The number of nitrogens with zero attached hydrogens (tertiary/aromatic N) is 1. The fraction of sp³-hybridized carbons (Fsp3) is 0.182. The Morgan fingerprint density at radius 2 is 2.00 bits per heavy atom. The van der Waals surface area contributed by atoms with Crippen molar-refractivity contribution in [2.45, 2.75) is 12.5 Å². The maximum atomic E-state index is 11.9. The molecule has 0 aromatic heterocycles. The first-order valence-electron chi connectivity index (χ1n) is 5.20. The summed E-state index contributed by atoms with van der Waals surface area (Å²) < 4.78 is 1.40. The number of aliphatic carboxylic acids is 1. The molecule has 2 N–H and O–H groups in total. The zero-order valence-corrected chi connectivity index (χ0v) is 12.6. The van der Waals surface area contributed by atoms with E-state index in [9.17, 15) is 9.59 Å². The molecule has 1 aliphatic heterocycles. The summed E-state index contributed by atoms with van der Waals surface area (Å²) in [4.78, 5) is 27.4. The molecule has 1 unspecified atom stereocenters. The van der Waals surface area contributed by atoms with Crippen molar-refractivity contribution in [1.82, 2.24) is 0 Å². The quantitative estimate of drug-likeness (QED) is 0.827. The maximum Gasteiger partial charge on any atom is 0.353 e. The second-order valence-electron chi connectivity index (χ2n) is 3.73. The first kappa shape index (κ1) is 14.0. The van der Waals surface area contributed by atoms with Crippen molar-refractivity contribution in [3.63, 3.8) is 0 Å². The van der Waals surface area contributed by atoms with Crippen molar-refractivity contribution in [2.75, 3.05) is 5.32 Å². The number of carbonyl (C=O) groups is 2. The topological polar surface area (TPSA) is 88.0 Å². The molecule has 0 saturated carbocycles. The standard InChI is InChI=1S/C11H8Br2N2O4/c12-5-2-1-3-6(13)9(5)14-10(16)8-4-7(11(17)18)15-19-8/h1-3,8H,4H2,(H,14,16)(H,17,18). The molecular formula is C11H8Br2N2O4. The second-order valence-corrected chi connectivity index (χ2v) is 5.44. The second kappa shape index (κ2) is 5.70. The highest BCUT2D eigenvalue weighted by atomic mass is 79.9. The van der Waals surface area contributed by atoms with Crippen molar-refractivity contribution < 1.29 is 19.5 Å². The van der Waals surface area contributed by atoms with E-state index in [-0.39, 0.29) is 12.1 Å². The van der Waals surface area contributed by atoms with Gasteiger partial charge in [0.2, 0.25) is 6.10 Å². The third-order valence-corrected chi connectivity index (χ3v) is 3.74. The Bertz CT molecular complexity index is 554. The van der Waals surface area contributed by atoms with Crippen molar-refractivity contribution in [1.29, 1.82) is 0 Å². The van der Waals surface area contributed by atoms with Gasteiger partial charge in [-0.15, -0.1) is 0 Å². The Balaban J connectivity index is 2.06. The van der Waals surface area contributed by atoms with Crippen molar-refractivity contribution in [3.05, 3.63) is 27.1 Å². The lowest BCUT2D eigenvalue weighted by Crippen LogP contribution is -2.29. The number of halogens is 2. The maximum absolute atomic E-state index is 11.9. The lowest BCUT2D eigenvalue weighted by molar-refractivity contribution is -0.129. The average Bonchev–Trinajstić information content (AvgIpc) is 2.83. The van der Waals surface area contributed by atoms with Crippen LogP contribution in [-0.2, 0) is 14.4 Å². The number of amides is 1. The molecule has 1 heterocycles. The van der Waals surface area contributed by atoms with Gasteiger partial charge < -0.3 is 15.3 Å². The minimum Gasteiger partial charge on any atom is -0.477 e. The van der Waals surface area contributed by atoms with E-state index in [2.05, 4.69) is 42.3 Å². The van der Waals surface area contributed by atoms with Gasteiger partial charge in [0, 0.05) is 15.4 Å². The van der Waals surface area contributed by atoms with E-state index in [4.69, 9.17) is 9.94 Å². The highest BCUT2D eigenvalue weighted by Gasteiger charge is 2.32. The van der Waals surface area contributed by atoms with Gasteiger partial charge in [-0.3, -0.25) is 4.79 Å². The summed E-state index contributed by atoms with van der Waals surface area (Å²) in [6, 6.07) is 5.35. The van der Waals surface area contributed by atoms with Crippen LogP contribution >= 0.6 is 31.9 Å². The Labute approximate surface area is 125 Å². The Kier molecular flexibility index (Phi) is 4.20. The van der Waals surface area contributed by atoms with Gasteiger partial charge in [0.25, 0.3) is 5.91 Å². The van der Waals surface area contributed by atoms with Crippen LogP contribution in [0.4, 0.5) is 5.69 Å². The summed E-state index contributed by atoms with van der Waals surface area (Å²) in [5.74, 6) is -1.63. The number of rotatable bonds is 3. The van der Waals surface area contributed by atoms with Crippen molar-refractivity contribution in [3.8, 4) is 0 Å². The molecule has 2 rings (SSSR count). The normalized spacial score (nSPS) is 17.6. The molecule has 8 heteroatoms. The van der Waals surface area contributed by atoms with Gasteiger partial charge in [-0.05, 0) is 44.0 Å². The van der Waals surface area contributed by atoms with Gasteiger partial charge in [0.1, 0.15) is 0 Å². The number of anilines is 1. The molecule has 19 heavy (non-hydrogen) atoms. The van der Waals surface area contributed by atoms with Gasteiger partial charge in [-0.2, -0.15) is 0 Å². The van der Waals surface area contributed by atoms with Crippen LogP contribution in [0.25, 0.3) is 0 Å². The zero-order valence-electron chi connectivity index (χ0n) is 9.39. The fourth-order valence-corrected chi connectivity index (χ4v) is 2.66. The van der Waals surface area contributed by atoms with Crippen LogP contribution in [0.1, 0.15) is 6.42 Å². The van der Waals surface area contributed by atoms with Crippen molar-refractivity contribution >= 4 is 55.1 Å². The van der Waals surface area contributed by atoms with E-state index in [0.29, 0.717) is 14.6 Å². The summed E-state index contributed by atoms with van der Waals surface area (Å²) >= 11 is 6.62. The number of carbonyl (C=O) groups excluding carboxylic acids is 1. The van der Waals surface area contributed by atoms with E-state index in [1.54, 1.807) is 12.1 Å². The summed E-state index contributed by atoms with van der Waals surface area (Å²) in [5.41, 5.74) is 0.395. The molecule has 1 aromatic rings. The highest BCUT2D eigenvalue weighted by Crippen LogP contribution is 2.31. The van der Waals surface area contributed by atoms with Crippen LogP contribution in [0.3, 0.4) is 0 Å². The van der Waals surface area contributed by atoms with Crippen LogP contribution in [0, 0.1) is 0 Å². The van der Waals surface area contributed by atoms with Gasteiger partial charge in [-0.25, -0.2) is 4.79 Å². The first-order valence-corrected chi connectivity index (χ1v) is 6.78. The monoisotopic (exact) mass is 390 g/mol. The Morgan fingerprint density at radius 3 is 2.53 bits per heavy atom. The van der Waals surface area contributed by atoms with Gasteiger partial charge >= 0.3 is 5.97 Å². The molecule has 0 bridgehead atoms. The first-order chi connectivity index (χ1) is 8.99. The SMILES string of the molecule is O=C(O)C1=NOC(C(=O)Nc2c(Br)cccc2Br)C1. The van der Waals surface area contributed by atoms with E-state index < -0.39 is 18.0 Å². The molecule has 1 aliphatic rings. The number of para-hydroxylation sites is 1. The predicted molar refractivity (Wildman–Crippen MR) is 75.0 cm³/mol. The third kappa shape index (κ3) is 3.13.